The summed E-state index contributed by atoms with van der Waals surface area (Å²) < 4.78 is 5.16. The third-order valence-electron chi connectivity index (χ3n) is 2.26. The molecule has 0 spiro atoms. The zero-order valence-corrected chi connectivity index (χ0v) is 11.2. The van der Waals surface area contributed by atoms with E-state index in [2.05, 4.69) is 32.9 Å². The molecular formula is C12H18O2Si. The number of hydrogen-bond donors (Lipinski definition) is 0. The summed E-state index contributed by atoms with van der Waals surface area (Å²) in [4.78, 5) is 10.8. The predicted octanol–water partition coefficient (Wildman–Crippen LogP) is 1.26. The second-order valence-corrected chi connectivity index (χ2v) is 6.03. The van der Waals surface area contributed by atoms with Crippen molar-refractivity contribution in [2.24, 2.45) is 0 Å². The second kappa shape index (κ2) is 4.62. The van der Waals surface area contributed by atoms with Crippen LogP contribution in [0.4, 0.5) is 0 Å². The fourth-order valence-electron chi connectivity index (χ4n) is 1.56. The maximum Gasteiger partial charge on any atom is 0.289 e. The van der Waals surface area contributed by atoms with Crippen LogP contribution in [-0.4, -0.2) is 15.7 Å². The molecule has 15 heavy (non-hydrogen) atoms. The molecule has 0 aliphatic carbocycles. The normalized spacial score (nSPS) is 12.0. The van der Waals surface area contributed by atoms with E-state index < -0.39 is 9.76 Å². The highest BCUT2D eigenvalue weighted by Gasteiger charge is 2.17. The van der Waals surface area contributed by atoms with Gasteiger partial charge >= 0.3 is 0 Å². The number of benzene rings is 1. The minimum atomic E-state index is -0.917. The number of carbonyl (C=O) groups is 1. The van der Waals surface area contributed by atoms with Crippen molar-refractivity contribution in [2.75, 3.05) is 0 Å². The molecular weight excluding hydrogens is 204 g/mol. The molecule has 0 aliphatic rings. The fraction of sp³-hybridized carbons (Fsp3) is 0.417. The van der Waals surface area contributed by atoms with Crippen LogP contribution in [0.1, 0.15) is 33.3 Å². The summed E-state index contributed by atoms with van der Waals surface area (Å²) in [5.41, 5.74) is 1.40. The Labute approximate surface area is 93.6 Å². The van der Waals surface area contributed by atoms with Crippen molar-refractivity contribution < 1.29 is 9.22 Å². The van der Waals surface area contributed by atoms with Crippen molar-refractivity contribution in [1.82, 2.24) is 0 Å². The third-order valence-corrected chi connectivity index (χ3v) is 3.73. The Morgan fingerprint density at radius 1 is 1.27 bits per heavy atom. The average molecular weight is 222 g/mol. The molecule has 0 fully saturated rings. The lowest BCUT2D eigenvalue weighted by Gasteiger charge is -2.22. The van der Waals surface area contributed by atoms with Gasteiger partial charge in [-0.15, -0.1) is 0 Å². The van der Waals surface area contributed by atoms with E-state index in [0.717, 1.165) is 0 Å². The Bertz CT molecular complexity index is 353. The fourth-order valence-corrected chi connectivity index (χ4v) is 2.95. The predicted molar refractivity (Wildman–Crippen MR) is 65.1 cm³/mol. The lowest BCUT2D eigenvalue weighted by molar-refractivity contribution is -0.131. The molecule has 1 aromatic carbocycles. The quantitative estimate of drug-likeness (QED) is 0.704. The Balaban J connectivity index is 2.92. The van der Waals surface area contributed by atoms with Gasteiger partial charge in [0.15, 0.2) is 0 Å². The zero-order chi connectivity index (χ0) is 11.5. The van der Waals surface area contributed by atoms with E-state index >= 15 is 0 Å². The number of rotatable bonds is 2. The summed E-state index contributed by atoms with van der Waals surface area (Å²) in [6.45, 7) is 7.99. The summed E-state index contributed by atoms with van der Waals surface area (Å²) >= 11 is 0. The number of carbonyl (C=O) groups excluding carboxylic acids is 1. The summed E-state index contributed by atoms with van der Waals surface area (Å²) in [6, 6.07) is 8.22. The van der Waals surface area contributed by atoms with Crippen molar-refractivity contribution in [3.05, 3.63) is 29.8 Å². The van der Waals surface area contributed by atoms with Gasteiger partial charge in [-0.2, -0.15) is 0 Å². The second-order valence-electron chi connectivity index (χ2n) is 4.69. The monoisotopic (exact) mass is 222 g/mol. The van der Waals surface area contributed by atoms with Gasteiger partial charge in [0.2, 0.25) is 0 Å². The molecule has 0 amide bonds. The molecule has 0 aromatic heterocycles. The van der Waals surface area contributed by atoms with Gasteiger partial charge in [0.25, 0.3) is 15.7 Å². The molecule has 0 radical (unpaired) electrons. The van der Waals surface area contributed by atoms with Gasteiger partial charge in [-0.25, -0.2) is 0 Å². The highest BCUT2D eigenvalue weighted by molar-refractivity contribution is 6.49. The van der Waals surface area contributed by atoms with Crippen molar-refractivity contribution in [3.8, 4) is 0 Å². The highest BCUT2D eigenvalue weighted by Crippen LogP contribution is 2.19. The first-order valence-corrected chi connectivity index (χ1v) is 6.41. The van der Waals surface area contributed by atoms with Crippen LogP contribution in [-0.2, 0) is 14.6 Å². The zero-order valence-electron chi connectivity index (χ0n) is 9.83. The number of hydrogen-bond acceptors (Lipinski definition) is 2. The largest absolute Gasteiger partial charge is 0.521 e. The molecule has 82 valence electrons. The molecule has 0 N–H and O–H groups in total. The molecule has 1 aromatic rings. The summed E-state index contributed by atoms with van der Waals surface area (Å²) in [5, 5.41) is 1.22. The van der Waals surface area contributed by atoms with E-state index in [1.165, 1.54) is 17.7 Å². The maximum absolute atomic E-state index is 10.8. The van der Waals surface area contributed by atoms with E-state index in [4.69, 9.17) is 4.43 Å². The summed E-state index contributed by atoms with van der Waals surface area (Å²) in [6.07, 6.45) is 0. The van der Waals surface area contributed by atoms with Crippen LogP contribution in [0.5, 0.6) is 0 Å². The SMILES string of the molecule is CC(=O)O[SiH2]c1ccccc1C(C)(C)C. The molecule has 0 aliphatic heterocycles. The Morgan fingerprint density at radius 2 is 1.87 bits per heavy atom. The molecule has 0 bridgehead atoms. The van der Waals surface area contributed by atoms with E-state index in [1.54, 1.807) is 0 Å². The maximum atomic E-state index is 10.8. The first kappa shape index (κ1) is 12.0. The van der Waals surface area contributed by atoms with Crippen molar-refractivity contribution in [3.63, 3.8) is 0 Å². The van der Waals surface area contributed by atoms with Crippen LogP contribution < -0.4 is 5.19 Å². The van der Waals surface area contributed by atoms with Crippen molar-refractivity contribution >= 4 is 20.9 Å². The Kier molecular flexibility index (Phi) is 3.69. The lowest BCUT2D eigenvalue weighted by atomic mass is 9.87. The lowest BCUT2D eigenvalue weighted by Crippen LogP contribution is -2.29. The average Bonchev–Trinajstić information content (AvgIpc) is 2.13. The van der Waals surface area contributed by atoms with Gasteiger partial charge in [0, 0.05) is 6.92 Å². The van der Waals surface area contributed by atoms with Gasteiger partial charge in [-0.3, -0.25) is 4.79 Å². The van der Waals surface area contributed by atoms with Crippen LogP contribution in [0.2, 0.25) is 0 Å². The molecule has 0 saturated carbocycles. The first-order valence-electron chi connectivity index (χ1n) is 5.13. The minimum Gasteiger partial charge on any atom is -0.521 e. The molecule has 1 rings (SSSR count). The van der Waals surface area contributed by atoms with Gasteiger partial charge in [-0.1, -0.05) is 45.0 Å². The Morgan fingerprint density at radius 3 is 2.40 bits per heavy atom. The summed E-state index contributed by atoms with van der Waals surface area (Å²) in [5.74, 6) is -0.176. The van der Waals surface area contributed by atoms with E-state index in [0.29, 0.717) is 0 Å². The van der Waals surface area contributed by atoms with Gasteiger partial charge in [-0.05, 0) is 16.2 Å². The van der Waals surface area contributed by atoms with E-state index in [9.17, 15) is 4.79 Å². The minimum absolute atomic E-state index is 0.115. The van der Waals surface area contributed by atoms with Crippen molar-refractivity contribution in [1.29, 1.82) is 0 Å². The third kappa shape index (κ3) is 3.51. The van der Waals surface area contributed by atoms with Crippen LogP contribution >= 0.6 is 0 Å². The molecule has 0 atom stereocenters. The molecule has 0 saturated heterocycles. The molecule has 3 heteroatoms. The Hall–Kier alpha value is -1.09. The molecule has 0 unspecified atom stereocenters. The van der Waals surface area contributed by atoms with Gasteiger partial charge in [0.05, 0.1) is 0 Å². The highest BCUT2D eigenvalue weighted by atomic mass is 28.2. The topological polar surface area (TPSA) is 26.3 Å². The van der Waals surface area contributed by atoms with Crippen LogP contribution in [0.15, 0.2) is 24.3 Å². The van der Waals surface area contributed by atoms with Crippen LogP contribution in [0, 0.1) is 0 Å². The van der Waals surface area contributed by atoms with Crippen molar-refractivity contribution in [2.45, 2.75) is 33.1 Å². The van der Waals surface area contributed by atoms with E-state index in [-0.39, 0.29) is 11.4 Å². The summed E-state index contributed by atoms with van der Waals surface area (Å²) in [7, 11) is -0.917. The molecule has 2 nitrogen and oxygen atoms in total. The first-order chi connectivity index (χ1) is 6.91. The standard InChI is InChI=1S/C12H18O2Si/c1-9(13)14-15-11-8-6-5-7-10(11)12(2,3)4/h5-8H,15H2,1-4H3. The van der Waals surface area contributed by atoms with Gasteiger partial charge in [0.1, 0.15) is 0 Å². The van der Waals surface area contributed by atoms with Crippen LogP contribution in [0.25, 0.3) is 0 Å². The van der Waals surface area contributed by atoms with Crippen LogP contribution in [0.3, 0.4) is 0 Å². The van der Waals surface area contributed by atoms with E-state index in [1.807, 2.05) is 12.1 Å². The molecule has 0 heterocycles. The smallest absolute Gasteiger partial charge is 0.289 e. The van der Waals surface area contributed by atoms with Gasteiger partial charge < -0.3 is 4.43 Å².